The number of aliphatic hydroxyl groups excluding tert-OH is 1. The number of nitrogen functional groups attached to an aromatic ring is 1. The summed E-state index contributed by atoms with van der Waals surface area (Å²) in [5, 5.41) is 9.11. The number of hydrogen-bond acceptors (Lipinski definition) is 4. The summed E-state index contributed by atoms with van der Waals surface area (Å²) in [5.74, 6) is 0. The molecule has 1 heterocycles. The Hall–Kier alpha value is -0.630. The molecule has 0 amide bonds. The second-order valence-electron chi connectivity index (χ2n) is 4.96. The molecule has 0 saturated carbocycles. The van der Waals surface area contributed by atoms with Crippen LogP contribution in [0.1, 0.15) is 25.7 Å². The zero-order valence-electron chi connectivity index (χ0n) is 11.1. The third kappa shape index (κ3) is 3.16. The third-order valence-electron chi connectivity index (χ3n) is 3.59. The molecule has 1 aliphatic heterocycles. The summed E-state index contributed by atoms with van der Waals surface area (Å²) in [6, 6.07) is 4.66. The maximum Gasteiger partial charge on any atom is 0.245 e. The molecular formula is C13H19BrN2O3S. The first-order chi connectivity index (χ1) is 9.46. The maximum atomic E-state index is 12.8. The molecule has 0 spiro atoms. The number of sulfonamides is 1. The van der Waals surface area contributed by atoms with Gasteiger partial charge in [0.05, 0.1) is 5.69 Å². The average Bonchev–Trinajstić information content (AvgIpc) is 2.39. The number of anilines is 1. The van der Waals surface area contributed by atoms with E-state index in [2.05, 4.69) is 15.9 Å². The standard InChI is InChI=1S/C13H19BrN2O3S/c14-10-4-5-13(12(15)9-10)20(18,19)16-7-2-1-3-11(16)6-8-17/h4-5,9,11,17H,1-3,6-8,15H2. The monoisotopic (exact) mass is 362 g/mol. The van der Waals surface area contributed by atoms with E-state index < -0.39 is 10.0 Å². The SMILES string of the molecule is Nc1cc(Br)ccc1S(=O)(=O)N1CCCCC1CCO. The molecule has 1 unspecified atom stereocenters. The van der Waals surface area contributed by atoms with Gasteiger partial charge in [0.15, 0.2) is 0 Å². The molecule has 1 saturated heterocycles. The van der Waals surface area contributed by atoms with Crippen LogP contribution in [-0.2, 0) is 10.0 Å². The summed E-state index contributed by atoms with van der Waals surface area (Å²) in [7, 11) is -3.60. The number of benzene rings is 1. The Morgan fingerprint density at radius 1 is 1.40 bits per heavy atom. The first kappa shape index (κ1) is 15.8. The van der Waals surface area contributed by atoms with Crippen molar-refractivity contribution in [3.05, 3.63) is 22.7 Å². The fourth-order valence-corrected chi connectivity index (χ4v) is 4.81. The molecule has 0 bridgehead atoms. The van der Waals surface area contributed by atoms with Crippen LogP contribution in [0.15, 0.2) is 27.6 Å². The van der Waals surface area contributed by atoms with Gasteiger partial charge in [0.25, 0.3) is 0 Å². The molecule has 7 heteroatoms. The molecule has 0 aromatic heterocycles. The van der Waals surface area contributed by atoms with Crippen molar-refractivity contribution in [2.24, 2.45) is 0 Å². The molecule has 5 nitrogen and oxygen atoms in total. The zero-order valence-corrected chi connectivity index (χ0v) is 13.5. The van der Waals surface area contributed by atoms with E-state index in [-0.39, 0.29) is 23.2 Å². The lowest BCUT2D eigenvalue weighted by molar-refractivity contribution is 0.192. The highest BCUT2D eigenvalue weighted by molar-refractivity contribution is 9.10. The van der Waals surface area contributed by atoms with Gasteiger partial charge in [0.2, 0.25) is 10.0 Å². The van der Waals surface area contributed by atoms with E-state index in [4.69, 9.17) is 10.8 Å². The molecule has 1 fully saturated rings. The van der Waals surface area contributed by atoms with Crippen molar-refractivity contribution in [1.82, 2.24) is 4.31 Å². The van der Waals surface area contributed by atoms with Crippen LogP contribution in [0.2, 0.25) is 0 Å². The van der Waals surface area contributed by atoms with E-state index in [1.807, 2.05) is 0 Å². The van der Waals surface area contributed by atoms with Crippen LogP contribution >= 0.6 is 15.9 Å². The Morgan fingerprint density at radius 3 is 2.80 bits per heavy atom. The lowest BCUT2D eigenvalue weighted by atomic mass is 10.0. The highest BCUT2D eigenvalue weighted by Crippen LogP contribution is 2.30. The summed E-state index contributed by atoms with van der Waals surface area (Å²) in [6.45, 7) is 0.481. The summed E-state index contributed by atoms with van der Waals surface area (Å²) in [5.41, 5.74) is 6.09. The van der Waals surface area contributed by atoms with Gasteiger partial charge < -0.3 is 10.8 Å². The Balaban J connectivity index is 2.37. The van der Waals surface area contributed by atoms with Crippen LogP contribution in [-0.4, -0.2) is 37.0 Å². The summed E-state index contributed by atoms with van der Waals surface area (Å²) in [4.78, 5) is 0.144. The minimum Gasteiger partial charge on any atom is -0.398 e. The number of aliphatic hydroxyl groups is 1. The molecule has 1 aliphatic rings. The van der Waals surface area contributed by atoms with Gasteiger partial charge >= 0.3 is 0 Å². The molecule has 2 rings (SSSR count). The molecule has 20 heavy (non-hydrogen) atoms. The molecule has 1 aromatic carbocycles. The highest BCUT2D eigenvalue weighted by atomic mass is 79.9. The summed E-state index contributed by atoms with van der Waals surface area (Å²) >= 11 is 3.27. The van der Waals surface area contributed by atoms with Crippen LogP contribution in [0.5, 0.6) is 0 Å². The Bertz CT molecular complexity index is 575. The first-order valence-corrected chi connectivity index (χ1v) is 8.88. The first-order valence-electron chi connectivity index (χ1n) is 6.64. The predicted octanol–water partition coefficient (Wildman–Crippen LogP) is 1.96. The smallest absolute Gasteiger partial charge is 0.245 e. The second kappa shape index (κ2) is 6.43. The zero-order chi connectivity index (χ0) is 14.8. The second-order valence-corrected chi connectivity index (χ2v) is 7.73. The number of halogens is 1. The number of piperidine rings is 1. The molecule has 1 aromatic rings. The van der Waals surface area contributed by atoms with Crippen molar-refractivity contribution < 1.29 is 13.5 Å². The van der Waals surface area contributed by atoms with Gasteiger partial charge in [-0.15, -0.1) is 0 Å². The fourth-order valence-electron chi connectivity index (χ4n) is 2.61. The number of hydrogen-bond donors (Lipinski definition) is 2. The highest BCUT2D eigenvalue weighted by Gasteiger charge is 2.34. The van der Waals surface area contributed by atoms with Crippen LogP contribution in [0.25, 0.3) is 0 Å². The summed E-state index contributed by atoms with van der Waals surface area (Å²) < 4.78 is 27.7. The number of nitrogens with two attached hydrogens (primary N) is 1. The number of nitrogens with zero attached hydrogens (tertiary/aromatic N) is 1. The van der Waals surface area contributed by atoms with E-state index in [0.717, 1.165) is 23.7 Å². The van der Waals surface area contributed by atoms with Crippen LogP contribution < -0.4 is 5.73 Å². The van der Waals surface area contributed by atoms with Crippen molar-refractivity contribution in [3.8, 4) is 0 Å². The van der Waals surface area contributed by atoms with E-state index in [1.165, 1.54) is 10.4 Å². The van der Waals surface area contributed by atoms with Gasteiger partial charge in [-0.2, -0.15) is 4.31 Å². The van der Waals surface area contributed by atoms with Gasteiger partial charge in [-0.3, -0.25) is 0 Å². The molecule has 1 atom stereocenters. The van der Waals surface area contributed by atoms with Crippen molar-refractivity contribution >= 4 is 31.6 Å². The van der Waals surface area contributed by atoms with Gasteiger partial charge in [-0.1, -0.05) is 22.4 Å². The van der Waals surface area contributed by atoms with Crippen LogP contribution in [0, 0.1) is 0 Å². The largest absolute Gasteiger partial charge is 0.398 e. The Morgan fingerprint density at radius 2 is 2.15 bits per heavy atom. The van der Waals surface area contributed by atoms with Gasteiger partial charge in [0, 0.05) is 23.7 Å². The van der Waals surface area contributed by atoms with Crippen molar-refractivity contribution in [1.29, 1.82) is 0 Å². The maximum absolute atomic E-state index is 12.8. The van der Waals surface area contributed by atoms with Gasteiger partial charge in [-0.05, 0) is 37.5 Å². The van der Waals surface area contributed by atoms with E-state index >= 15 is 0 Å². The van der Waals surface area contributed by atoms with Crippen molar-refractivity contribution in [3.63, 3.8) is 0 Å². The fraction of sp³-hybridized carbons (Fsp3) is 0.538. The number of rotatable bonds is 4. The van der Waals surface area contributed by atoms with E-state index in [9.17, 15) is 8.42 Å². The van der Waals surface area contributed by atoms with Crippen LogP contribution in [0.3, 0.4) is 0 Å². The van der Waals surface area contributed by atoms with E-state index in [0.29, 0.717) is 13.0 Å². The molecule has 112 valence electrons. The molecule has 0 radical (unpaired) electrons. The molecule has 3 N–H and O–H groups in total. The average molecular weight is 363 g/mol. The summed E-state index contributed by atoms with van der Waals surface area (Å²) in [6.07, 6.45) is 3.09. The van der Waals surface area contributed by atoms with E-state index in [1.54, 1.807) is 12.1 Å². The minimum atomic E-state index is -3.60. The van der Waals surface area contributed by atoms with Gasteiger partial charge in [-0.25, -0.2) is 8.42 Å². The van der Waals surface area contributed by atoms with Crippen molar-refractivity contribution in [2.75, 3.05) is 18.9 Å². The Kier molecular flexibility index (Phi) is 5.06. The lowest BCUT2D eigenvalue weighted by Gasteiger charge is -2.34. The lowest BCUT2D eigenvalue weighted by Crippen LogP contribution is -2.44. The normalized spacial score (nSPS) is 21.0. The minimum absolute atomic E-state index is 0.00743. The van der Waals surface area contributed by atoms with Crippen molar-refractivity contribution in [2.45, 2.75) is 36.6 Å². The topological polar surface area (TPSA) is 83.6 Å². The Labute approximate surface area is 128 Å². The molecule has 0 aliphatic carbocycles. The molecular weight excluding hydrogens is 344 g/mol. The quantitative estimate of drug-likeness (QED) is 0.801. The van der Waals surface area contributed by atoms with Crippen LogP contribution in [0.4, 0.5) is 5.69 Å². The van der Waals surface area contributed by atoms with Gasteiger partial charge in [0.1, 0.15) is 4.90 Å². The predicted molar refractivity (Wildman–Crippen MR) is 81.8 cm³/mol. The third-order valence-corrected chi connectivity index (χ3v) is 6.11.